The van der Waals surface area contributed by atoms with Gasteiger partial charge in [-0.1, -0.05) is 32.4 Å². The molecular weight excluding hydrogens is 284 g/mol. The van der Waals surface area contributed by atoms with Gasteiger partial charge in [0.2, 0.25) is 11.0 Å². The molecule has 0 amide bonds. The summed E-state index contributed by atoms with van der Waals surface area (Å²) in [5, 5.41) is 22.9. The number of nitro groups is 1. The lowest BCUT2D eigenvalue weighted by Crippen LogP contribution is -2.24. The number of nitrogens with zero attached hydrogens (tertiary/aromatic N) is 3. The highest BCUT2D eigenvalue weighted by Crippen LogP contribution is 2.30. The maximum Gasteiger partial charge on any atom is 0.348 e. The Morgan fingerprint density at radius 3 is 2.55 bits per heavy atom. The van der Waals surface area contributed by atoms with E-state index in [9.17, 15) is 15.2 Å². The van der Waals surface area contributed by atoms with Crippen LogP contribution in [-0.2, 0) is 6.42 Å². The van der Waals surface area contributed by atoms with Gasteiger partial charge in [-0.05, 0) is 12.3 Å². The largest absolute Gasteiger partial charge is 0.394 e. The average Bonchev–Trinajstić information content (AvgIpc) is 2.33. The van der Waals surface area contributed by atoms with Crippen LogP contribution in [0.2, 0.25) is 5.15 Å². The van der Waals surface area contributed by atoms with Gasteiger partial charge >= 0.3 is 5.69 Å². The van der Waals surface area contributed by atoms with E-state index in [-0.39, 0.29) is 29.3 Å². The van der Waals surface area contributed by atoms with E-state index in [1.54, 1.807) is 0 Å². The molecule has 20 heavy (non-hydrogen) atoms. The molecule has 2 N–H and O–H groups in total. The van der Waals surface area contributed by atoms with E-state index in [4.69, 9.17) is 11.6 Å². The normalized spacial score (nSPS) is 12.5. The first-order valence-corrected chi connectivity index (χ1v) is 6.85. The molecule has 112 valence electrons. The summed E-state index contributed by atoms with van der Waals surface area (Å²) in [5.74, 6) is 0.817. The molecule has 7 nitrogen and oxygen atoms in total. The molecule has 1 heterocycles. The molecule has 1 aromatic rings. The van der Waals surface area contributed by atoms with Gasteiger partial charge in [0, 0.05) is 6.42 Å². The summed E-state index contributed by atoms with van der Waals surface area (Å²) in [6.07, 6.45) is 1.18. The van der Waals surface area contributed by atoms with Crippen molar-refractivity contribution in [2.24, 2.45) is 5.92 Å². The number of aliphatic hydroxyl groups is 1. The fourth-order valence-corrected chi connectivity index (χ4v) is 1.92. The third-order valence-corrected chi connectivity index (χ3v) is 2.98. The van der Waals surface area contributed by atoms with E-state index in [0.29, 0.717) is 24.6 Å². The van der Waals surface area contributed by atoms with Gasteiger partial charge in [0.25, 0.3) is 0 Å². The fourth-order valence-electron chi connectivity index (χ4n) is 1.66. The molecule has 8 heteroatoms. The van der Waals surface area contributed by atoms with E-state index in [1.165, 1.54) is 0 Å². The number of rotatable bonds is 7. The predicted octanol–water partition coefficient (Wildman–Crippen LogP) is 2.42. The third kappa shape index (κ3) is 4.28. The molecule has 0 aliphatic rings. The summed E-state index contributed by atoms with van der Waals surface area (Å²) in [7, 11) is 0. The molecule has 1 atom stereocenters. The van der Waals surface area contributed by atoms with Crippen molar-refractivity contribution in [3.05, 3.63) is 21.1 Å². The third-order valence-electron chi connectivity index (χ3n) is 2.72. The van der Waals surface area contributed by atoms with Crippen molar-refractivity contribution in [3.8, 4) is 0 Å². The molecule has 0 saturated carbocycles. The standard InChI is InChI=1S/C12H19ClN4O3/c1-4-8(6-18)14-12-10(17(19)20)11(13)15-9(16-12)5-7(2)3/h7-8,18H,4-6H2,1-3H3,(H,14,15,16). The van der Waals surface area contributed by atoms with Crippen LogP contribution in [0.1, 0.15) is 33.0 Å². The van der Waals surface area contributed by atoms with Gasteiger partial charge in [0.05, 0.1) is 17.6 Å². The molecule has 0 aliphatic heterocycles. The number of nitrogens with one attached hydrogen (secondary N) is 1. The Balaban J connectivity index is 3.21. The quantitative estimate of drug-likeness (QED) is 0.455. The van der Waals surface area contributed by atoms with Crippen LogP contribution < -0.4 is 5.32 Å². The summed E-state index contributed by atoms with van der Waals surface area (Å²) >= 11 is 5.89. The Morgan fingerprint density at radius 2 is 2.10 bits per heavy atom. The molecule has 1 rings (SSSR count). The number of halogens is 1. The Morgan fingerprint density at radius 1 is 1.45 bits per heavy atom. The van der Waals surface area contributed by atoms with Gasteiger partial charge in [0.15, 0.2) is 0 Å². The summed E-state index contributed by atoms with van der Waals surface area (Å²) in [5.41, 5.74) is -0.355. The van der Waals surface area contributed by atoms with E-state index >= 15 is 0 Å². The zero-order valence-corrected chi connectivity index (χ0v) is 12.5. The van der Waals surface area contributed by atoms with Crippen LogP contribution in [-0.4, -0.2) is 32.6 Å². The molecule has 0 aromatic carbocycles. The lowest BCUT2D eigenvalue weighted by Gasteiger charge is -2.15. The van der Waals surface area contributed by atoms with Crippen LogP contribution in [0.25, 0.3) is 0 Å². The smallest absolute Gasteiger partial charge is 0.348 e. The van der Waals surface area contributed by atoms with Crippen molar-refractivity contribution in [1.29, 1.82) is 0 Å². The maximum atomic E-state index is 11.1. The summed E-state index contributed by atoms with van der Waals surface area (Å²) in [4.78, 5) is 18.6. The van der Waals surface area contributed by atoms with Gasteiger partial charge in [-0.25, -0.2) is 9.97 Å². The van der Waals surface area contributed by atoms with Gasteiger partial charge < -0.3 is 10.4 Å². The molecule has 0 bridgehead atoms. The van der Waals surface area contributed by atoms with Crippen molar-refractivity contribution in [2.45, 2.75) is 39.7 Å². The van der Waals surface area contributed by atoms with Crippen LogP contribution in [0.3, 0.4) is 0 Å². The number of hydrogen-bond acceptors (Lipinski definition) is 6. The summed E-state index contributed by atoms with van der Waals surface area (Å²) in [6, 6.07) is -0.313. The first-order valence-electron chi connectivity index (χ1n) is 6.47. The van der Waals surface area contributed by atoms with E-state index in [2.05, 4.69) is 15.3 Å². The van der Waals surface area contributed by atoms with Gasteiger partial charge in [-0.15, -0.1) is 0 Å². The van der Waals surface area contributed by atoms with E-state index in [0.717, 1.165) is 0 Å². The first kappa shape index (κ1) is 16.6. The highest BCUT2D eigenvalue weighted by molar-refractivity contribution is 6.31. The minimum atomic E-state index is -0.617. The molecule has 1 unspecified atom stereocenters. The lowest BCUT2D eigenvalue weighted by atomic mass is 10.1. The number of hydrogen-bond donors (Lipinski definition) is 2. The summed E-state index contributed by atoms with van der Waals surface area (Å²) in [6.45, 7) is 5.70. The second-order valence-electron chi connectivity index (χ2n) is 4.92. The number of anilines is 1. The zero-order chi connectivity index (χ0) is 15.3. The topological polar surface area (TPSA) is 101 Å². The first-order chi connectivity index (χ1) is 9.38. The Kier molecular flexibility index (Phi) is 6.09. The van der Waals surface area contributed by atoms with Crippen LogP contribution in [0.5, 0.6) is 0 Å². The van der Waals surface area contributed by atoms with Crippen LogP contribution in [0.15, 0.2) is 0 Å². The number of aliphatic hydroxyl groups excluding tert-OH is 1. The lowest BCUT2D eigenvalue weighted by molar-refractivity contribution is -0.384. The van der Waals surface area contributed by atoms with Gasteiger partial charge in [-0.2, -0.15) is 0 Å². The van der Waals surface area contributed by atoms with E-state index in [1.807, 2.05) is 20.8 Å². The van der Waals surface area contributed by atoms with Crippen molar-refractivity contribution in [2.75, 3.05) is 11.9 Å². The Hall–Kier alpha value is -1.47. The maximum absolute atomic E-state index is 11.1. The van der Waals surface area contributed by atoms with Crippen molar-refractivity contribution in [3.63, 3.8) is 0 Å². The Labute approximate surface area is 122 Å². The SMILES string of the molecule is CCC(CO)Nc1nc(CC(C)C)nc(Cl)c1[N+](=O)[O-]. The minimum Gasteiger partial charge on any atom is -0.394 e. The monoisotopic (exact) mass is 302 g/mol. The van der Waals surface area contributed by atoms with Crippen LogP contribution in [0, 0.1) is 16.0 Å². The molecule has 0 radical (unpaired) electrons. The van der Waals surface area contributed by atoms with Gasteiger partial charge in [0.1, 0.15) is 5.82 Å². The summed E-state index contributed by atoms with van der Waals surface area (Å²) < 4.78 is 0. The fraction of sp³-hybridized carbons (Fsp3) is 0.667. The second kappa shape index (κ2) is 7.35. The van der Waals surface area contributed by atoms with Crippen LogP contribution >= 0.6 is 11.6 Å². The van der Waals surface area contributed by atoms with Gasteiger partial charge in [-0.3, -0.25) is 10.1 Å². The molecule has 0 saturated heterocycles. The number of aromatic nitrogens is 2. The van der Waals surface area contributed by atoms with Crippen molar-refractivity contribution in [1.82, 2.24) is 9.97 Å². The molecular formula is C12H19ClN4O3. The van der Waals surface area contributed by atoms with Crippen molar-refractivity contribution >= 4 is 23.1 Å². The second-order valence-corrected chi connectivity index (χ2v) is 5.27. The highest BCUT2D eigenvalue weighted by Gasteiger charge is 2.25. The van der Waals surface area contributed by atoms with Crippen LogP contribution in [0.4, 0.5) is 11.5 Å². The zero-order valence-electron chi connectivity index (χ0n) is 11.8. The molecule has 0 spiro atoms. The van der Waals surface area contributed by atoms with Crippen molar-refractivity contribution < 1.29 is 10.0 Å². The Bertz CT molecular complexity index is 478. The molecule has 1 aromatic heterocycles. The highest BCUT2D eigenvalue weighted by atomic mass is 35.5. The minimum absolute atomic E-state index is 0.0616. The molecule has 0 aliphatic carbocycles. The average molecular weight is 303 g/mol. The molecule has 0 fully saturated rings. The predicted molar refractivity (Wildman–Crippen MR) is 77.0 cm³/mol. The van der Waals surface area contributed by atoms with E-state index < -0.39 is 4.92 Å².